The second-order valence-electron chi connectivity index (χ2n) is 6.25. The zero-order valence-corrected chi connectivity index (χ0v) is 19.9. The minimum atomic E-state index is -0.108. The van der Waals surface area contributed by atoms with Crippen molar-refractivity contribution in [1.29, 1.82) is 0 Å². The Balaban J connectivity index is 0.00000392. The fraction of sp³-hybridized carbons (Fsp3) is 0.400. The van der Waals surface area contributed by atoms with Gasteiger partial charge >= 0.3 is 0 Å². The Kier molecular flexibility index (Phi) is 10.9. The van der Waals surface area contributed by atoms with Gasteiger partial charge in [-0.25, -0.2) is 0 Å². The molecule has 0 aliphatic rings. The molecule has 2 rings (SSSR count). The topological polar surface area (TPSA) is 74.8 Å². The number of methoxy groups -OCH3 is 1. The lowest BCUT2D eigenvalue weighted by Gasteiger charge is -2.17. The van der Waals surface area contributed by atoms with Crippen LogP contribution < -0.4 is 20.7 Å². The number of carbonyl (C=O) groups excluding carboxylic acids is 1. The molecule has 3 N–H and O–H groups in total. The van der Waals surface area contributed by atoms with Gasteiger partial charge in [0.05, 0.1) is 7.11 Å². The molecule has 0 spiro atoms. The minimum absolute atomic E-state index is 0. The number of hydrogen-bond donors (Lipinski definition) is 3. The van der Waals surface area contributed by atoms with Crippen LogP contribution in [0.15, 0.2) is 41.4 Å². The summed E-state index contributed by atoms with van der Waals surface area (Å²) in [6.07, 6.45) is 0.952. The molecule has 0 radical (unpaired) electrons. The first-order valence-electron chi connectivity index (χ1n) is 8.96. The fourth-order valence-corrected chi connectivity index (χ4v) is 3.60. The van der Waals surface area contributed by atoms with Gasteiger partial charge in [0.25, 0.3) is 5.91 Å². The summed E-state index contributed by atoms with van der Waals surface area (Å²) in [7, 11) is 3.34. The number of carbonyl (C=O) groups is 1. The number of nitrogens with zero attached hydrogens (tertiary/aromatic N) is 1. The Morgan fingerprint density at radius 3 is 2.39 bits per heavy atom. The van der Waals surface area contributed by atoms with Crippen molar-refractivity contribution in [3.63, 3.8) is 0 Å². The highest BCUT2D eigenvalue weighted by Gasteiger charge is 2.08. The van der Waals surface area contributed by atoms with Crippen molar-refractivity contribution >= 4 is 47.2 Å². The van der Waals surface area contributed by atoms with Crippen LogP contribution in [0.25, 0.3) is 0 Å². The van der Waals surface area contributed by atoms with E-state index in [0.29, 0.717) is 18.7 Å². The Bertz CT molecular complexity index is 762. The van der Waals surface area contributed by atoms with Crippen molar-refractivity contribution in [3.05, 3.63) is 51.7 Å². The normalized spacial score (nSPS) is 11.9. The molecule has 8 heteroatoms. The van der Waals surface area contributed by atoms with E-state index in [0.717, 1.165) is 18.1 Å². The van der Waals surface area contributed by atoms with Crippen LogP contribution in [-0.2, 0) is 6.42 Å². The molecule has 1 atom stereocenters. The summed E-state index contributed by atoms with van der Waals surface area (Å²) in [4.78, 5) is 19.0. The lowest BCUT2D eigenvalue weighted by molar-refractivity contribution is 0.0954. The average molecular weight is 516 g/mol. The van der Waals surface area contributed by atoms with E-state index in [4.69, 9.17) is 4.74 Å². The second-order valence-corrected chi connectivity index (χ2v) is 7.62. The number of guanidine groups is 1. The molecule has 0 saturated carbocycles. The number of amides is 1. The minimum Gasteiger partial charge on any atom is -0.497 e. The summed E-state index contributed by atoms with van der Waals surface area (Å²) >= 11 is 1.82. The van der Waals surface area contributed by atoms with Gasteiger partial charge in [0.2, 0.25) is 0 Å². The maximum atomic E-state index is 12.1. The van der Waals surface area contributed by atoms with Gasteiger partial charge in [0.15, 0.2) is 5.96 Å². The van der Waals surface area contributed by atoms with Gasteiger partial charge in [-0.3, -0.25) is 9.79 Å². The van der Waals surface area contributed by atoms with Crippen LogP contribution in [0, 0.1) is 6.92 Å². The Morgan fingerprint density at radius 1 is 1.14 bits per heavy atom. The number of rotatable bonds is 8. The predicted molar refractivity (Wildman–Crippen MR) is 127 cm³/mol. The van der Waals surface area contributed by atoms with Crippen molar-refractivity contribution in [2.75, 3.05) is 27.2 Å². The van der Waals surface area contributed by atoms with E-state index in [-0.39, 0.29) is 35.9 Å². The third-order valence-corrected chi connectivity index (χ3v) is 4.99. The highest BCUT2D eigenvalue weighted by atomic mass is 127. The van der Waals surface area contributed by atoms with Gasteiger partial charge in [-0.1, -0.05) is 0 Å². The number of ether oxygens (including phenoxy) is 1. The zero-order valence-electron chi connectivity index (χ0n) is 16.7. The quantitative estimate of drug-likeness (QED) is 0.218. The van der Waals surface area contributed by atoms with Crippen LogP contribution in [0.2, 0.25) is 0 Å². The zero-order chi connectivity index (χ0) is 19.6. The molecule has 0 aliphatic carbocycles. The van der Waals surface area contributed by atoms with Crippen LogP contribution >= 0.6 is 35.3 Å². The van der Waals surface area contributed by atoms with Crippen molar-refractivity contribution < 1.29 is 9.53 Å². The first kappa shape index (κ1) is 24.2. The Hall–Kier alpha value is -1.81. The summed E-state index contributed by atoms with van der Waals surface area (Å²) in [5.74, 6) is 1.35. The summed E-state index contributed by atoms with van der Waals surface area (Å²) in [6.45, 7) is 5.34. The van der Waals surface area contributed by atoms with Crippen molar-refractivity contribution in [2.24, 2.45) is 4.99 Å². The maximum absolute atomic E-state index is 12.1. The first-order chi connectivity index (χ1) is 13.0. The van der Waals surface area contributed by atoms with Crippen molar-refractivity contribution in [3.8, 4) is 5.75 Å². The number of aryl methyl sites for hydroxylation is 1. The standard InChI is InChI=1S/C20H28N4O2S.HI/c1-14(13-18-10-5-15(2)27-18)24-20(21-3)23-12-11-22-19(25)16-6-8-17(26-4)9-7-16;/h5-10,14H,11-13H2,1-4H3,(H,22,25)(H2,21,23,24);1H. The van der Waals surface area contributed by atoms with Gasteiger partial charge in [0.1, 0.15) is 5.75 Å². The monoisotopic (exact) mass is 516 g/mol. The molecule has 0 saturated heterocycles. The van der Waals surface area contributed by atoms with Gasteiger partial charge in [-0.2, -0.15) is 0 Å². The van der Waals surface area contributed by atoms with Crippen molar-refractivity contribution in [2.45, 2.75) is 26.3 Å². The predicted octanol–water partition coefficient (Wildman–Crippen LogP) is 3.21. The van der Waals surface area contributed by atoms with E-state index in [9.17, 15) is 4.79 Å². The van der Waals surface area contributed by atoms with E-state index in [1.165, 1.54) is 9.75 Å². The number of aliphatic imine (C=N–C) groups is 1. The number of nitrogens with one attached hydrogen (secondary N) is 3. The molecule has 0 fully saturated rings. The fourth-order valence-electron chi connectivity index (χ4n) is 2.58. The molecule has 0 aliphatic heterocycles. The van der Waals surface area contributed by atoms with Gasteiger partial charge in [-0.05, 0) is 50.2 Å². The third-order valence-electron chi connectivity index (χ3n) is 3.97. The van der Waals surface area contributed by atoms with E-state index >= 15 is 0 Å². The second kappa shape index (κ2) is 12.6. The van der Waals surface area contributed by atoms with Crippen LogP contribution in [0.1, 0.15) is 27.0 Å². The molecule has 1 aromatic carbocycles. The molecule has 1 unspecified atom stereocenters. The molecule has 28 heavy (non-hydrogen) atoms. The Labute approximate surface area is 188 Å². The summed E-state index contributed by atoms with van der Waals surface area (Å²) in [5, 5.41) is 9.49. The van der Waals surface area contributed by atoms with E-state index in [1.807, 2.05) is 11.3 Å². The lowest BCUT2D eigenvalue weighted by Crippen LogP contribution is -2.45. The molecule has 1 amide bonds. The molecule has 154 valence electrons. The highest BCUT2D eigenvalue weighted by Crippen LogP contribution is 2.16. The molecule has 0 bridgehead atoms. The average Bonchev–Trinajstić information content (AvgIpc) is 3.08. The van der Waals surface area contributed by atoms with Gasteiger partial charge in [0, 0.05) is 47.9 Å². The maximum Gasteiger partial charge on any atom is 0.251 e. The molecule has 2 aromatic rings. The van der Waals surface area contributed by atoms with E-state index in [1.54, 1.807) is 38.4 Å². The lowest BCUT2D eigenvalue weighted by atomic mass is 10.2. The SMILES string of the molecule is CN=C(NCCNC(=O)c1ccc(OC)cc1)NC(C)Cc1ccc(C)s1.I. The van der Waals surface area contributed by atoms with E-state index in [2.05, 4.69) is 46.9 Å². The number of hydrogen-bond acceptors (Lipinski definition) is 4. The molecular formula is C20H29IN4O2S. The number of thiophene rings is 1. The summed E-state index contributed by atoms with van der Waals surface area (Å²) in [5.41, 5.74) is 0.609. The van der Waals surface area contributed by atoms with Crippen LogP contribution in [0.5, 0.6) is 5.75 Å². The molecule has 1 heterocycles. The molecule has 6 nitrogen and oxygen atoms in total. The number of halogens is 1. The number of benzene rings is 1. The summed E-state index contributed by atoms with van der Waals surface area (Å²) < 4.78 is 5.10. The highest BCUT2D eigenvalue weighted by molar-refractivity contribution is 14.0. The van der Waals surface area contributed by atoms with Crippen LogP contribution in [0.3, 0.4) is 0 Å². The van der Waals surface area contributed by atoms with Gasteiger partial charge in [-0.15, -0.1) is 35.3 Å². The Morgan fingerprint density at radius 2 is 1.82 bits per heavy atom. The first-order valence-corrected chi connectivity index (χ1v) is 9.78. The van der Waals surface area contributed by atoms with Crippen LogP contribution in [-0.4, -0.2) is 45.2 Å². The largest absolute Gasteiger partial charge is 0.497 e. The van der Waals surface area contributed by atoms with Gasteiger partial charge < -0.3 is 20.7 Å². The van der Waals surface area contributed by atoms with E-state index < -0.39 is 0 Å². The smallest absolute Gasteiger partial charge is 0.251 e. The van der Waals surface area contributed by atoms with Crippen molar-refractivity contribution in [1.82, 2.24) is 16.0 Å². The molecule has 1 aromatic heterocycles. The third kappa shape index (κ3) is 8.05. The molecular weight excluding hydrogens is 487 g/mol. The summed E-state index contributed by atoms with van der Waals surface area (Å²) in [6, 6.07) is 11.6. The van der Waals surface area contributed by atoms with Crippen LogP contribution in [0.4, 0.5) is 0 Å².